The first-order valence-corrected chi connectivity index (χ1v) is 15.6. The Morgan fingerprint density at radius 1 is 0.844 bits per heavy atom. The van der Waals surface area contributed by atoms with Crippen LogP contribution >= 0.6 is 11.6 Å². The zero-order chi connectivity index (χ0) is 31.4. The van der Waals surface area contributed by atoms with Crippen LogP contribution in [0.5, 0.6) is 5.75 Å². The minimum atomic E-state index is -5.52. The Hall–Kier alpha value is -0.850. The first-order valence-electron chi connectivity index (χ1n) is 11.0. The van der Waals surface area contributed by atoms with E-state index in [0.717, 1.165) is 12.1 Å². The van der Waals surface area contributed by atoms with Crippen molar-refractivity contribution in [3.63, 3.8) is 0 Å². The van der Waals surface area contributed by atoms with Crippen molar-refractivity contribution in [1.29, 1.82) is 0 Å². The van der Waals surface area contributed by atoms with Gasteiger partial charge in [-0.05, 0) is 55.1 Å². The summed E-state index contributed by atoms with van der Waals surface area (Å²) in [7, 11) is -15.9. The van der Waals surface area contributed by atoms with Crippen LogP contribution in [0.25, 0.3) is 10.8 Å². The number of phenols is 1. The summed E-state index contributed by atoms with van der Waals surface area (Å²) in [5, 5.41) is 19.4. The molecule has 0 radical (unpaired) electrons. The third-order valence-electron chi connectivity index (χ3n) is 5.57. The molecule has 0 spiro atoms. The normalized spacial score (nSPS) is 11.9. The van der Waals surface area contributed by atoms with Crippen molar-refractivity contribution in [1.82, 2.24) is 9.97 Å². The maximum Gasteiger partial charge on any atom is 1.00 e. The number of hydrogen-bond acceptors (Lipinski definition) is 15. The largest absolute Gasteiger partial charge is 1.00 e. The van der Waals surface area contributed by atoms with Gasteiger partial charge in [-0.2, -0.15) is 9.37 Å². The molecule has 4 aromatic rings. The molecule has 0 aliphatic carbocycles. The van der Waals surface area contributed by atoms with Gasteiger partial charge in [-0.1, -0.05) is 17.7 Å². The molecule has 0 aliphatic rings. The summed E-state index contributed by atoms with van der Waals surface area (Å²) < 4.78 is 121. The van der Waals surface area contributed by atoms with Crippen molar-refractivity contribution in [3.8, 4) is 5.75 Å². The number of aromatic hydroxyl groups is 1. The average molecular weight is 728 g/mol. The monoisotopic (exact) mass is 727 g/mol. The van der Waals surface area contributed by atoms with Crippen molar-refractivity contribution < 1.29 is 137 Å². The molecule has 0 bridgehead atoms. The number of anilines is 2. The van der Waals surface area contributed by atoms with Gasteiger partial charge in [0.15, 0.2) is 11.6 Å². The van der Waals surface area contributed by atoms with Crippen LogP contribution < -0.4 is 94.0 Å². The number of rotatable bonds is 7. The number of halogens is 2. The van der Waals surface area contributed by atoms with Crippen molar-refractivity contribution >= 4 is 75.6 Å². The Kier molecular flexibility index (Phi) is 14.6. The number of phenolic OH excluding ortho intramolecular Hbond substituents is 1. The molecule has 0 amide bonds. The number of aromatic nitrogens is 2. The second-order valence-electron chi connectivity index (χ2n) is 8.54. The van der Waals surface area contributed by atoms with Gasteiger partial charge in [-0.3, -0.25) is 0 Å². The second kappa shape index (κ2) is 15.6. The standard InChI is InChI=1S/C22H17ClFN5O10S3.3Na/c1-9-3-4-13(15(5-9)41(34,35)36)28-29-19-16(42(37,38)39)7-11-6-12(40(31,32)33)8-14(17(11)20(19)30)26-21-18(23)10(2)25-22(24)27-21;;;/h3-8,30H,1-2H3,(H,25,26,27)(H,31,32,33)(H,34,35,36)(H,37,38,39);;;/q;3*+1/p-3. The first kappa shape index (κ1) is 42.2. The van der Waals surface area contributed by atoms with Crippen LogP contribution in [-0.4, -0.2) is 54.0 Å². The number of aryl methyl sites for hydroxylation is 2. The van der Waals surface area contributed by atoms with E-state index in [1.807, 2.05) is 0 Å². The number of hydrogen-bond donors (Lipinski definition) is 2. The van der Waals surface area contributed by atoms with E-state index in [2.05, 4.69) is 25.5 Å². The molecule has 23 heteroatoms. The second-order valence-corrected chi connectivity index (χ2v) is 13.0. The fourth-order valence-electron chi connectivity index (χ4n) is 3.73. The first-order chi connectivity index (χ1) is 19.3. The Morgan fingerprint density at radius 2 is 1.44 bits per heavy atom. The van der Waals surface area contributed by atoms with Gasteiger partial charge < -0.3 is 24.1 Å². The van der Waals surface area contributed by atoms with Crippen molar-refractivity contribution in [3.05, 3.63) is 58.8 Å². The van der Waals surface area contributed by atoms with Crippen LogP contribution in [0, 0.1) is 19.9 Å². The number of fused-ring (bicyclic) bond motifs is 1. The summed E-state index contributed by atoms with van der Waals surface area (Å²) in [5.74, 6) is -1.60. The predicted molar refractivity (Wildman–Crippen MR) is 140 cm³/mol. The minimum Gasteiger partial charge on any atom is -0.744 e. The maximum absolute atomic E-state index is 13.9. The van der Waals surface area contributed by atoms with Gasteiger partial charge in [0.1, 0.15) is 46.8 Å². The summed E-state index contributed by atoms with van der Waals surface area (Å²) in [4.78, 5) is 3.79. The number of nitrogens with one attached hydrogen (secondary N) is 1. The van der Waals surface area contributed by atoms with E-state index in [0.29, 0.717) is 23.8 Å². The Bertz CT molecular complexity index is 2180. The molecule has 45 heavy (non-hydrogen) atoms. The van der Waals surface area contributed by atoms with Gasteiger partial charge in [0.25, 0.3) is 0 Å². The fourth-order valence-corrected chi connectivity index (χ4v) is 5.74. The third kappa shape index (κ3) is 9.62. The fraction of sp³-hybridized carbons (Fsp3) is 0.0909. The number of nitrogens with zero attached hydrogens (tertiary/aromatic N) is 4. The minimum absolute atomic E-state index is 0. The van der Waals surface area contributed by atoms with Crippen LogP contribution in [0.15, 0.2) is 61.3 Å². The summed E-state index contributed by atoms with van der Waals surface area (Å²) in [6.07, 6.45) is -1.27. The van der Waals surface area contributed by atoms with Gasteiger partial charge in [0.2, 0.25) is 0 Å². The topological polar surface area (TPSA) is 254 Å². The van der Waals surface area contributed by atoms with Crippen molar-refractivity contribution in [2.45, 2.75) is 28.5 Å². The molecule has 0 unspecified atom stereocenters. The SMILES string of the molecule is Cc1ccc(N=Nc2c(S(=O)(=O)[O-])cc3cc(S(=O)(=O)[O-])cc(Nc4nc(F)nc(C)c4Cl)c3c2O)c(S(=O)(=O)[O-])c1.[Na+].[Na+].[Na+]. The molecule has 2 N–H and O–H groups in total. The molecule has 1 aromatic heterocycles. The smallest absolute Gasteiger partial charge is 0.744 e. The zero-order valence-corrected chi connectivity index (χ0v) is 33.1. The summed E-state index contributed by atoms with van der Waals surface area (Å²) in [6, 6.07) is 5.26. The molecule has 4 rings (SSSR count). The summed E-state index contributed by atoms with van der Waals surface area (Å²) >= 11 is 6.11. The molecule has 0 aliphatic heterocycles. The molecule has 222 valence electrons. The summed E-state index contributed by atoms with van der Waals surface area (Å²) in [5.41, 5.74) is -1.85. The Labute approximate surface area is 327 Å². The van der Waals surface area contributed by atoms with Crippen molar-refractivity contribution in [2.24, 2.45) is 10.2 Å². The third-order valence-corrected chi connectivity index (χ3v) is 8.55. The molecule has 0 fully saturated rings. The van der Waals surface area contributed by atoms with Gasteiger partial charge in [0, 0.05) is 5.39 Å². The Balaban J connectivity index is 0.00000337. The van der Waals surface area contributed by atoms with Crippen molar-refractivity contribution in [2.75, 3.05) is 5.32 Å². The average Bonchev–Trinajstić information content (AvgIpc) is 2.84. The van der Waals surface area contributed by atoms with E-state index in [9.17, 15) is 48.4 Å². The predicted octanol–water partition coefficient (Wildman–Crippen LogP) is -5.37. The Morgan fingerprint density at radius 3 is 2.00 bits per heavy atom. The zero-order valence-electron chi connectivity index (χ0n) is 23.9. The van der Waals surface area contributed by atoms with Crippen LogP contribution in [0.4, 0.5) is 27.3 Å². The molecule has 0 saturated carbocycles. The summed E-state index contributed by atoms with van der Waals surface area (Å²) in [6.45, 7) is 2.77. The van der Waals surface area contributed by atoms with Crippen LogP contribution in [0.1, 0.15) is 11.3 Å². The van der Waals surface area contributed by atoms with E-state index in [1.54, 1.807) is 0 Å². The van der Waals surface area contributed by atoms with Gasteiger partial charge >= 0.3 is 94.8 Å². The van der Waals surface area contributed by atoms with Crippen LogP contribution in [0.2, 0.25) is 5.02 Å². The molecule has 0 atom stereocenters. The number of azo groups is 1. The molecule has 0 saturated heterocycles. The molecule has 3 aromatic carbocycles. The molecular weight excluding hydrogens is 714 g/mol. The van der Waals surface area contributed by atoms with E-state index >= 15 is 0 Å². The van der Waals surface area contributed by atoms with E-state index in [-0.39, 0.29) is 99.4 Å². The van der Waals surface area contributed by atoms with Crippen LogP contribution in [0.3, 0.4) is 0 Å². The quantitative estimate of drug-likeness (QED) is 0.0781. The van der Waals surface area contributed by atoms with E-state index < -0.39 is 90.5 Å². The molecule has 1 heterocycles. The molecular formula is C22H14ClFN5Na3O10S3. The molecule has 15 nitrogen and oxygen atoms in total. The van der Waals surface area contributed by atoms with Crippen LogP contribution in [-0.2, 0) is 30.4 Å². The van der Waals surface area contributed by atoms with E-state index in [4.69, 9.17) is 11.6 Å². The van der Waals surface area contributed by atoms with Gasteiger partial charge in [0.05, 0.1) is 26.1 Å². The maximum atomic E-state index is 13.9. The van der Waals surface area contributed by atoms with Gasteiger partial charge in [-0.15, -0.1) is 10.2 Å². The van der Waals surface area contributed by atoms with E-state index in [1.165, 1.54) is 19.9 Å². The van der Waals surface area contributed by atoms with Gasteiger partial charge in [-0.25, -0.2) is 30.2 Å². The number of benzene rings is 3.